The van der Waals surface area contributed by atoms with Gasteiger partial charge in [-0.25, -0.2) is 0 Å². The lowest BCUT2D eigenvalue weighted by Gasteiger charge is -2.16. The van der Waals surface area contributed by atoms with Gasteiger partial charge in [0.2, 0.25) is 0 Å². The maximum absolute atomic E-state index is 10.5. The number of rotatable bonds is 5. The van der Waals surface area contributed by atoms with Gasteiger partial charge in [-0.3, -0.25) is 4.68 Å². The van der Waals surface area contributed by atoms with Crippen molar-refractivity contribution in [1.29, 1.82) is 0 Å². The minimum atomic E-state index is -0.837. The first-order valence-corrected chi connectivity index (χ1v) is 6.76. The van der Waals surface area contributed by atoms with Crippen molar-refractivity contribution in [3.05, 3.63) is 46.7 Å². The van der Waals surface area contributed by atoms with E-state index in [1.807, 2.05) is 31.1 Å². The first kappa shape index (κ1) is 14.8. The molecule has 1 atom stereocenters. The number of nitrogen functional groups attached to an aromatic ring is 1. The number of halogens is 1. The van der Waals surface area contributed by atoms with E-state index in [0.29, 0.717) is 28.5 Å². The summed E-state index contributed by atoms with van der Waals surface area (Å²) in [6.45, 7) is 1.48. The number of nitrogens with zero attached hydrogens (tertiary/aromatic N) is 3. The standard InChI is InChI=1S/C14H19ClN4O/c1-18(2)6-7-19-13(12(15)9-17-19)14(20)10-4-3-5-11(16)8-10/h3-5,8-9,14,20H,6-7,16H2,1-2H3. The second-order valence-electron chi connectivity index (χ2n) is 4.98. The van der Waals surface area contributed by atoms with Crippen LogP contribution in [0.2, 0.25) is 5.02 Å². The molecule has 0 saturated carbocycles. The molecule has 1 unspecified atom stereocenters. The molecule has 1 aromatic heterocycles. The van der Waals surface area contributed by atoms with Crippen LogP contribution in [-0.4, -0.2) is 40.4 Å². The number of benzene rings is 1. The third-order valence-corrected chi connectivity index (χ3v) is 3.37. The van der Waals surface area contributed by atoms with Crippen LogP contribution < -0.4 is 5.73 Å². The molecule has 0 amide bonds. The van der Waals surface area contributed by atoms with Crippen molar-refractivity contribution in [2.24, 2.45) is 0 Å². The number of nitrogens with two attached hydrogens (primary N) is 1. The Balaban J connectivity index is 2.29. The summed E-state index contributed by atoms with van der Waals surface area (Å²) < 4.78 is 1.73. The Morgan fingerprint density at radius 2 is 2.20 bits per heavy atom. The van der Waals surface area contributed by atoms with Crippen LogP contribution in [0.15, 0.2) is 30.5 Å². The molecule has 0 aliphatic heterocycles. The molecule has 0 aliphatic rings. The van der Waals surface area contributed by atoms with Crippen LogP contribution in [0.3, 0.4) is 0 Å². The van der Waals surface area contributed by atoms with Crippen molar-refractivity contribution < 1.29 is 5.11 Å². The van der Waals surface area contributed by atoms with Crippen LogP contribution >= 0.6 is 11.6 Å². The monoisotopic (exact) mass is 294 g/mol. The van der Waals surface area contributed by atoms with Crippen LogP contribution in [0.4, 0.5) is 5.69 Å². The fourth-order valence-corrected chi connectivity index (χ4v) is 2.25. The number of aliphatic hydroxyl groups is 1. The van der Waals surface area contributed by atoms with Crippen molar-refractivity contribution in [3.8, 4) is 0 Å². The molecule has 0 spiro atoms. The third kappa shape index (κ3) is 3.30. The summed E-state index contributed by atoms with van der Waals surface area (Å²) in [5.74, 6) is 0. The predicted molar refractivity (Wildman–Crippen MR) is 80.7 cm³/mol. The molecule has 20 heavy (non-hydrogen) atoms. The molecule has 3 N–H and O–H groups in total. The summed E-state index contributed by atoms with van der Waals surface area (Å²) in [5, 5.41) is 15.2. The van der Waals surface area contributed by atoms with Gasteiger partial charge in [-0.2, -0.15) is 5.10 Å². The molecule has 2 rings (SSSR count). The number of hydrogen-bond acceptors (Lipinski definition) is 4. The van der Waals surface area contributed by atoms with E-state index < -0.39 is 6.10 Å². The number of likely N-dealkylation sites (N-methyl/N-ethyl adjacent to an activating group) is 1. The molecule has 5 nitrogen and oxygen atoms in total. The van der Waals surface area contributed by atoms with Gasteiger partial charge in [-0.15, -0.1) is 0 Å². The van der Waals surface area contributed by atoms with E-state index in [9.17, 15) is 5.11 Å². The maximum Gasteiger partial charge on any atom is 0.122 e. The van der Waals surface area contributed by atoms with Crippen molar-refractivity contribution in [2.45, 2.75) is 12.6 Å². The van der Waals surface area contributed by atoms with Gasteiger partial charge in [0, 0.05) is 12.2 Å². The zero-order valence-electron chi connectivity index (χ0n) is 11.6. The molecule has 2 aromatic rings. The lowest BCUT2D eigenvalue weighted by Crippen LogP contribution is -2.21. The smallest absolute Gasteiger partial charge is 0.122 e. The Bertz CT molecular complexity index is 582. The largest absolute Gasteiger partial charge is 0.399 e. The van der Waals surface area contributed by atoms with Crippen molar-refractivity contribution in [3.63, 3.8) is 0 Å². The lowest BCUT2D eigenvalue weighted by atomic mass is 10.1. The molecule has 0 saturated heterocycles. The predicted octanol–water partition coefficient (Wildman–Crippen LogP) is 1.76. The van der Waals surface area contributed by atoms with Gasteiger partial charge in [0.15, 0.2) is 0 Å². The highest BCUT2D eigenvalue weighted by molar-refractivity contribution is 6.31. The maximum atomic E-state index is 10.5. The second-order valence-corrected chi connectivity index (χ2v) is 5.38. The van der Waals surface area contributed by atoms with E-state index in [2.05, 4.69) is 5.10 Å². The van der Waals surface area contributed by atoms with Crippen LogP contribution in [0.5, 0.6) is 0 Å². The van der Waals surface area contributed by atoms with E-state index in [1.54, 1.807) is 23.0 Å². The second kappa shape index (κ2) is 6.26. The summed E-state index contributed by atoms with van der Waals surface area (Å²) in [7, 11) is 3.97. The van der Waals surface area contributed by atoms with Gasteiger partial charge < -0.3 is 15.7 Å². The SMILES string of the molecule is CN(C)CCn1ncc(Cl)c1C(O)c1cccc(N)c1. The highest BCUT2D eigenvalue weighted by Gasteiger charge is 2.20. The van der Waals surface area contributed by atoms with E-state index >= 15 is 0 Å². The molecule has 0 fully saturated rings. The van der Waals surface area contributed by atoms with Crippen LogP contribution in [0.25, 0.3) is 0 Å². The first-order valence-electron chi connectivity index (χ1n) is 6.38. The van der Waals surface area contributed by atoms with Gasteiger partial charge in [0.25, 0.3) is 0 Å². The topological polar surface area (TPSA) is 67.3 Å². The molecule has 1 aromatic carbocycles. The molecule has 108 valence electrons. The molecule has 1 heterocycles. The third-order valence-electron chi connectivity index (χ3n) is 3.08. The fraction of sp³-hybridized carbons (Fsp3) is 0.357. The number of hydrogen-bond donors (Lipinski definition) is 2. The molecule has 0 radical (unpaired) electrons. The summed E-state index contributed by atoms with van der Waals surface area (Å²) in [6, 6.07) is 7.15. The average Bonchev–Trinajstić information content (AvgIpc) is 2.76. The highest BCUT2D eigenvalue weighted by Crippen LogP contribution is 2.28. The highest BCUT2D eigenvalue weighted by atomic mass is 35.5. The van der Waals surface area contributed by atoms with Crippen molar-refractivity contribution in [1.82, 2.24) is 14.7 Å². The van der Waals surface area contributed by atoms with Crippen LogP contribution in [0, 0.1) is 0 Å². The van der Waals surface area contributed by atoms with Crippen LogP contribution in [-0.2, 0) is 6.54 Å². The molecule has 0 bridgehead atoms. The van der Waals surface area contributed by atoms with Gasteiger partial charge in [0.1, 0.15) is 6.10 Å². The Morgan fingerprint density at radius 3 is 2.85 bits per heavy atom. The van der Waals surface area contributed by atoms with E-state index in [1.165, 1.54) is 0 Å². The van der Waals surface area contributed by atoms with Gasteiger partial charge in [0.05, 0.1) is 23.5 Å². The fourth-order valence-electron chi connectivity index (χ4n) is 2.00. The Hall–Kier alpha value is -1.56. The van der Waals surface area contributed by atoms with E-state index in [-0.39, 0.29) is 0 Å². The van der Waals surface area contributed by atoms with Crippen molar-refractivity contribution >= 4 is 17.3 Å². The van der Waals surface area contributed by atoms with Gasteiger partial charge in [-0.1, -0.05) is 23.7 Å². The Labute approximate surface area is 123 Å². The first-order chi connectivity index (χ1) is 9.49. The van der Waals surface area contributed by atoms with E-state index in [0.717, 1.165) is 6.54 Å². The number of anilines is 1. The average molecular weight is 295 g/mol. The van der Waals surface area contributed by atoms with Gasteiger partial charge >= 0.3 is 0 Å². The minimum Gasteiger partial charge on any atom is -0.399 e. The summed E-state index contributed by atoms with van der Waals surface area (Å²) in [4.78, 5) is 2.05. The Morgan fingerprint density at radius 1 is 1.45 bits per heavy atom. The quantitative estimate of drug-likeness (QED) is 0.825. The molecular weight excluding hydrogens is 276 g/mol. The zero-order valence-corrected chi connectivity index (χ0v) is 12.4. The number of aromatic nitrogens is 2. The van der Waals surface area contributed by atoms with Gasteiger partial charge in [-0.05, 0) is 31.8 Å². The Kier molecular flexibility index (Phi) is 4.65. The summed E-state index contributed by atoms with van der Waals surface area (Å²) in [5.41, 5.74) is 7.66. The van der Waals surface area contributed by atoms with E-state index in [4.69, 9.17) is 17.3 Å². The molecule has 6 heteroatoms. The summed E-state index contributed by atoms with van der Waals surface area (Å²) in [6.07, 6.45) is 0.720. The normalized spacial score (nSPS) is 12.8. The summed E-state index contributed by atoms with van der Waals surface area (Å²) >= 11 is 6.16. The van der Waals surface area contributed by atoms with Crippen molar-refractivity contribution in [2.75, 3.05) is 26.4 Å². The van der Waals surface area contributed by atoms with Crippen LogP contribution in [0.1, 0.15) is 17.4 Å². The minimum absolute atomic E-state index is 0.457. The zero-order chi connectivity index (χ0) is 14.7. The molecular formula is C14H19ClN4O. The molecule has 0 aliphatic carbocycles. The number of aliphatic hydroxyl groups excluding tert-OH is 1. The lowest BCUT2D eigenvalue weighted by molar-refractivity contribution is 0.206.